The Hall–Kier alpha value is -4.44. The van der Waals surface area contributed by atoms with Gasteiger partial charge in [-0.3, -0.25) is 9.69 Å². The molecular formula is C30H23NO3. The van der Waals surface area contributed by atoms with E-state index in [9.17, 15) is 9.59 Å². The summed E-state index contributed by atoms with van der Waals surface area (Å²) in [6.07, 6.45) is 3.78. The van der Waals surface area contributed by atoms with Crippen LogP contribution in [0.25, 0.3) is 22.5 Å². The van der Waals surface area contributed by atoms with Gasteiger partial charge in [-0.05, 0) is 53.8 Å². The standard InChI is InChI=1S/C30H23NO3/c1-2-34-30(33)24-17-15-21(16-18-24)19-25-20-28(23-10-4-3-5-11-23)31(29(25)32)27-14-8-12-22-9-6-7-13-26(22)27/h3-20H,2H2,1H3/b25-19+. The van der Waals surface area contributed by atoms with E-state index in [0.717, 1.165) is 33.3 Å². The molecule has 1 amide bonds. The van der Waals surface area contributed by atoms with Gasteiger partial charge < -0.3 is 4.74 Å². The van der Waals surface area contributed by atoms with Crippen molar-refractivity contribution in [3.8, 4) is 0 Å². The van der Waals surface area contributed by atoms with Crippen molar-refractivity contribution in [1.29, 1.82) is 0 Å². The van der Waals surface area contributed by atoms with Crippen molar-refractivity contribution in [3.63, 3.8) is 0 Å². The summed E-state index contributed by atoms with van der Waals surface area (Å²) in [6, 6.07) is 31.1. The number of fused-ring (bicyclic) bond motifs is 1. The molecule has 0 unspecified atom stereocenters. The number of anilines is 1. The molecular weight excluding hydrogens is 422 g/mol. The highest BCUT2D eigenvalue weighted by atomic mass is 16.5. The molecule has 4 heteroatoms. The number of nitrogens with zero attached hydrogens (tertiary/aromatic N) is 1. The van der Waals surface area contributed by atoms with Crippen molar-refractivity contribution >= 4 is 40.1 Å². The molecule has 0 radical (unpaired) electrons. The molecule has 1 aliphatic heterocycles. The van der Waals surface area contributed by atoms with Crippen molar-refractivity contribution in [3.05, 3.63) is 125 Å². The summed E-state index contributed by atoms with van der Waals surface area (Å²) in [7, 11) is 0. The van der Waals surface area contributed by atoms with Crippen LogP contribution in [0.15, 0.2) is 109 Å². The lowest BCUT2D eigenvalue weighted by Gasteiger charge is -2.22. The number of carbonyl (C=O) groups excluding carboxylic acids is 2. The first-order chi connectivity index (χ1) is 16.7. The molecule has 0 N–H and O–H groups in total. The zero-order valence-electron chi connectivity index (χ0n) is 18.8. The van der Waals surface area contributed by atoms with Crippen LogP contribution in [0.4, 0.5) is 5.69 Å². The van der Waals surface area contributed by atoms with E-state index in [2.05, 4.69) is 0 Å². The van der Waals surface area contributed by atoms with Crippen LogP contribution in [0, 0.1) is 0 Å². The Morgan fingerprint density at radius 2 is 1.56 bits per heavy atom. The van der Waals surface area contributed by atoms with Gasteiger partial charge in [0.1, 0.15) is 0 Å². The van der Waals surface area contributed by atoms with Crippen LogP contribution in [-0.4, -0.2) is 18.5 Å². The number of hydrogen-bond acceptors (Lipinski definition) is 3. The summed E-state index contributed by atoms with van der Waals surface area (Å²) >= 11 is 0. The fraction of sp³-hybridized carbons (Fsp3) is 0.0667. The van der Waals surface area contributed by atoms with Crippen LogP contribution in [0.2, 0.25) is 0 Å². The van der Waals surface area contributed by atoms with Gasteiger partial charge in [0, 0.05) is 11.0 Å². The maximum absolute atomic E-state index is 13.7. The molecule has 0 spiro atoms. The van der Waals surface area contributed by atoms with Gasteiger partial charge in [-0.25, -0.2) is 4.79 Å². The van der Waals surface area contributed by atoms with Crippen molar-refractivity contribution in [1.82, 2.24) is 0 Å². The molecule has 5 rings (SSSR count). The number of ether oxygens (including phenoxy) is 1. The molecule has 0 fully saturated rings. The number of amides is 1. The zero-order valence-corrected chi connectivity index (χ0v) is 18.8. The van der Waals surface area contributed by atoms with Crippen molar-refractivity contribution < 1.29 is 14.3 Å². The topological polar surface area (TPSA) is 46.6 Å². The smallest absolute Gasteiger partial charge is 0.338 e. The molecule has 166 valence electrons. The molecule has 1 aliphatic rings. The van der Waals surface area contributed by atoms with Crippen LogP contribution >= 0.6 is 0 Å². The van der Waals surface area contributed by atoms with Crippen molar-refractivity contribution in [2.45, 2.75) is 6.92 Å². The molecule has 0 bridgehead atoms. The van der Waals surface area contributed by atoms with Crippen LogP contribution in [0.5, 0.6) is 0 Å². The number of carbonyl (C=O) groups is 2. The highest BCUT2D eigenvalue weighted by Gasteiger charge is 2.31. The van der Waals surface area contributed by atoms with Gasteiger partial charge in [0.15, 0.2) is 0 Å². The van der Waals surface area contributed by atoms with E-state index >= 15 is 0 Å². The summed E-state index contributed by atoms with van der Waals surface area (Å²) < 4.78 is 5.05. The van der Waals surface area contributed by atoms with Gasteiger partial charge in [-0.1, -0.05) is 78.9 Å². The Balaban J connectivity index is 1.58. The monoisotopic (exact) mass is 445 g/mol. The van der Waals surface area contributed by atoms with Crippen LogP contribution in [0.3, 0.4) is 0 Å². The van der Waals surface area contributed by atoms with Crippen LogP contribution in [0.1, 0.15) is 28.4 Å². The third-order valence-electron chi connectivity index (χ3n) is 5.80. The molecule has 0 saturated carbocycles. The van der Waals surface area contributed by atoms with E-state index in [-0.39, 0.29) is 11.9 Å². The summed E-state index contributed by atoms with van der Waals surface area (Å²) in [5.41, 5.74) is 4.54. The first kappa shape index (κ1) is 21.4. The molecule has 0 atom stereocenters. The minimum atomic E-state index is -0.355. The number of hydrogen-bond donors (Lipinski definition) is 0. The van der Waals surface area contributed by atoms with Gasteiger partial charge in [0.25, 0.3) is 5.91 Å². The van der Waals surface area contributed by atoms with E-state index in [0.29, 0.717) is 17.7 Å². The SMILES string of the molecule is CCOC(=O)c1ccc(/C=C2\C=C(c3ccccc3)N(c3cccc4ccccc34)C2=O)cc1. The van der Waals surface area contributed by atoms with Crippen molar-refractivity contribution in [2.75, 3.05) is 11.5 Å². The predicted octanol–water partition coefficient (Wildman–Crippen LogP) is 6.49. The Labute approximate surface area is 198 Å². The zero-order chi connectivity index (χ0) is 23.5. The largest absolute Gasteiger partial charge is 0.462 e. The molecule has 0 aromatic heterocycles. The molecule has 4 aromatic rings. The van der Waals surface area contributed by atoms with Crippen molar-refractivity contribution in [2.24, 2.45) is 0 Å². The number of esters is 1. The first-order valence-electron chi connectivity index (χ1n) is 11.2. The minimum absolute atomic E-state index is 0.0929. The predicted molar refractivity (Wildman–Crippen MR) is 136 cm³/mol. The molecule has 1 heterocycles. The lowest BCUT2D eigenvalue weighted by atomic mass is 10.1. The lowest BCUT2D eigenvalue weighted by Crippen LogP contribution is -2.25. The first-order valence-corrected chi connectivity index (χ1v) is 11.2. The lowest BCUT2D eigenvalue weighted by molar-refractivity contribution is -0.113. The van der Waals surface area contributed by atoms with E-state index in [1.165, 1.54) is 0 Å². The quantitative estimate of drug-likeness (QED) is 0.261. The summed E-state index contributed by atoms with van der Waals surface area (Å²) in [4.78, 5) is 27.5. The average Bonchev–Trinajstić information content (AvgIpc) is 3.20. The second-order valence-electron chi connectivity index (χ2n) is 7.98. The second-order valence-corrected chi connectivity index (χ2v) is 7.98. The third kappa shape index (κ3) is 4.02. The van der Waals surface area contributed by atoms with Crippen LogP contribution in [-0.2, 0) is 9.53 Å². The minimum Gasteiger partial charge on any atom is -0.462 e. The fourth-order valence-electron chi connectivity index (χ4n) is 4.19. The molecule has 4 nitrogen and oxygen atoms in total. The van der Waals surface area contributed by atoms with E-state index in [1.54, 1.807) is 24.0 Å². The fourth-order valence-corrected chi connectivity index (χ4v) is 4.19. The summed E-state index contributed by atoms with van der Waals surface area (Å²) in [5, 5.41) is 2.09. The third-order valence-corrected chi connectivity index (χ3v) is 5.80. The summed E-state index contributed by atoms with van der Waals surface area (Å²) in [5.74, 6) is -0.447. The van der Waals surface area contributed by atoms with Gasteiger partial charge in [-0.15, -0.1) is 0 Å². The van der Waals surface area contributed by atoms with Gasteiger partial charge in [-0.2, -0.15) is 0 Å². The second kappa shape index (κ2) is 9.20. The van der Waals surface area contributed by atoms with E-state index in [4.69, 9.17) is 4.74 Å². The van der Waals surface area contributed by atoms with E-state index in [1.807, 2.05) is 97.1 Å². The molecule has 0 aliphatic carbocycles. The van der Waals surface area contributed by atoms with Crippen LogP contribution < -0.4 is 4.90 Å². The normalized spacial score (nSPS) is 14.5. The Morgan fingerprint density at radius 3 is 2.32 bits per heavy atom. The summed E-state index contributed by atoms with van der Waals surface area (Å²) in [6.45, 7) is 2.11. The number of benzene rings is 4. The Kier molecular flexibility index (Phi) is 5.79. The average molecular weight is 446 g/mol. The van der Waals surface area contributed by atoms with Gasteiger partial charge in [0.05, 0.1) is 23.6 Å². The maximum atomic E-state index is 13.7. The Bertz CT molecular complexity index is 1430. The van der Waals surface area contributed by atoms with Gasteiger partial charge >= 0.3 is 5.97 Å². The highest BCUT2D eigenvalue weighted by Crippen LogP contribution is 2.38. The maximum Gasteiger partial charge on any atom is 0.338 e. The molecule has 0 saturated heterocycles. The van der Waals surface area contributed by atoms with E-state index < -0.39 is 0 Å². The van der Waals surface area contributed by atoms with Gasteiger partial charge in [0.2, 0.25) is 0 Å². The molecule has 4 aromatic carbocycles. The molecule has 34 heavy (non-hydrogen) atoms. The highest BCUT2D eigenvalue weighted by molar-refractivity contribution is 6.25. The Morgan fingerprint density at radius 1 is 0.853 bits per heavy atom. The number of rotatable bonds is 5.